The molecule has 0 saturated heterocycles. The summed E-state index contributed by atoms with van der Waals surface area (Å²) in [6.07, 6.45) is 0.980. The van der Waals surface area contributed by atoms with Crippen LogP contribution in [0, 0.1) is 6.92 Å². The summed E-state index contributed by atoms with van der Waals surface area (Å²) >= 11 is 6.01. The van der Waals surface area contributed by atoms with E-state index in [4.69, 9.17) is 16.3 Å². The highest BCUT2D eigenvalue weighted by atomic mass is 35.5. The highest BCUT2D eigenvalue weighted by Crippen LogP contribution is 2.41. The lowest BCUT2D eigenvalue weighted by Crippen LogP contribution is -2.12. The van der Waals surface area contributed by atoms with Crippen molar-refractivity contribution in [2.24, 2.45) is 0 Å². The van der Waals surface area contributed by atoms with Crippen molar-refractivity contribution < 1.29 is 4.74 Å². The molecule has 1 aromatic rings. The fourth-order valence-corrected chi connectivity index (χ4v) is 1.98. The van der Waals surface area contributed by atoms with Crippen LogP contribution in [0.1, 0.15) is 22.1 Å². The first-order chi connectivity index (χ1) is 5.72. The Balaban J connectivity index is 2.47. The number of aryl methyl sites for hydroxylation is 1. The molecule has 1 aliphatic carbocycles. The molecule has 2 rings (SSSR count). The topological polar surface area (TPSA) is 9.23 Å². The van der Waals surface area contributed by atoms with Crippen molar-refractivity contribution >= 4 is 11.6 Å². The van der Waals surface area contributed by atoms with E-state index in [0.29, 0.717) is 0 Å². The Morgan fingerprint density at radius 2 is 2.25 bits per heavy atom. The molecule has 0 N–H and O–H groups in total. The predicted molar refractivity (Wildman–Crippen MR) is 50.0 cm³/mol. The fraction of sp³-hybridized carbons (Fsp3) is 0.400. The number of rotatable bonds is 1. The van der Waals surface area contributed by atoms with E-state index < -0.39 is 0 Å². The first-order valence-corrected chi connectivity index (χ1v) is 4.47. The van der Waals surface area contributed by atoms with Gasteiger partial charge in [0.25, 0.3) is 0 Å². The second-order valence-corrected chi connectivity index (χ2v) is 3.72. The molecule has 0 radical (unpaired) electrons. The SMILES string of the molecule is COc1cc2c(cc1C)[C@H](Cl)C2. The second-order valence-electron chi connectivity index (χ2n) is 3.19. The van der Waals surface area contributed by atoms with Crippen LogP contribution in [0.2, 0.25) is 0 Å². The van der Waals surface area contributed by atoms with Crippen LogP contribution in [-0.2, 0) is 6.42 Å². The summed E-state index contributed by atoms with van der Waals surface area (Å²) < 4.78 is 5.21. The first-order valence-electron chi connectivity index (χ1n) is 4.04. The van der Waals surface area contributed by atoms with Gasteiger partial charge in [0, 0.05) is 0 Å². The molecule has 12 heavy (non-hydrogen) atoms. The Morgan fingerprint density at radius 3 is 2.83 bits per heavy atom. The normalized spacial score (nSPS) is 19.8. The lowest BCUT2D eigenvalue weighted by molar-refractivity contribution is 0.410. The summed E-state index contributed by atoms with van der Waals surface area (Å²) in [5.74, 6) is 0.970. The van der Waals surface area contributed by atoms with Crippen LogP contribution in [0.15, 0.2) is 12.1 Å². The third kappa shape index (κ3) is 1.00. The van der Waals surface area contributed by atoms with Gasteiger partial charge in [-0.25, -0.2) is 0 Å². The van der Waals surface area contributed by atoms with E-state index in [9.17, 15) is 0 Å². The number of methoxy groups -OCH3 is 1. The predicted octanol–water partition coefficient (Wildman–Crippen LogP) is 2.84. The van der Waals surface area contributed by atoms with Crippen molar-refractivity contribution in [3.8, 4) is 5.75 Å². The van der Waals surface area contributed by atoms with Gasteiger partial charge < -0.3 is 4.74 Å². The van der Waals surface area contributed by atoms with Gasteiger partial charge in [0.05, 0.1) is 12.5 Å². The molecule has 0 bridgehead atoms. The molecule has 1 atom stereocenters. The number of alkyl halides is 1. The lowest BCUT2D eigenvalue weighted by Gasteiger charge is -2.26. The third-order valence-corrected chi connectivity index (χ3v) is 2.78. The van der Waals surface area contributed by atoms with E-state index in [1.54, 1.807) is 7.11 Å². The molecule has 1 aromatic carbocycles. The number of fused-ring (bicyclic) bond motifs is 1. The van der Waals surface area contributed by atoms with Crippen molar-refractivity contribution in [3.63, 3.8) is 0 Å². The zero-order chi connectivity index (χ0) is 8.72. The molecule has 0 fully saturated rings. The number of hydrogen-bond donors (Lipinski definition) is 0. The highest BCUT2D eigenvalue weighted by molar-refractivity contribution is 6.22. The second kappa shape index (κ2) is 2.67. The van der Waals surface area contributed by atoms with Gasteiger partial charge in [-0.05, 0) is 36.1 Å². The van der Waals surface area contributed by atoms with Crippen LogP contribution < -0.4 is 4.74 Å². The van der Waals surface area contributed by atoms with Crippen LogP contribution in [0.4, 0.5) is 0 Å². The maximum atomic E-state index is 6.01. The van der Waals surface area contributed by atoms with Crippen molar-refractivity contribution in [3.05, 3.63) is 28.8 Å². The molecule has 0 aromatic heterocycles. The van der Waals surface area contributed by atoms with Gasteiger partial charge in [-0.2, -0.15) is 0 Å². The van der Waals surface area contributed by atoms with E-state index in [1.807, 2.05) is 6.92 Å². The van der Waals surface area contributed by atoms with Gasteiger partial charge in [-0.15, -0.1) is 11.6 Å². The third-order valence-electron chi connectivity index (χ3n) is 2.39. The maximum absolute atomic E-state index is 6.01. The van der Waals surface area contributed by atoms with Crippen molar-refractivity contribution in [1.82, 2.24) is 0 Å². The Hall–Kier alpha value is -0.690. The Morgan fingerprint density at radius 1 is 1.50 bits per heavy atom. The van der Waals surface area contributed by atoms with Gasteiger partial charge in [-0.1, -0.05) is 6.07 Å². The van der Waals surface area contributed by atoms with E-state index >= 15 is 0 Å². The van der Waals surface area contributed by atoms with E-state index in [-0.39, 0.29) is 5.38 Å². The summed E-state index contributed by atoms with van der Waals surface area (Å²) in [7, 11) is 1.70. The van der Waals surface area contributed by atoms with Gasteiger partial charge in [-0.3, -0.25) is 0 Å². The largest absolute Gasteiger partial charge is 0.496 e. The van der Waals surface area contributed by atoms with E-state index in [1.165, 1.54) is 16.7 Å². The molecule has 0 unspecified atom stereocenters. The lowest BCUT2D eigenvalue weighted by atomic mass is 9.86. The Kier molecular flexibility index (Phi) is 1.76. The van der Waals surface area contributed by atoms with Crippen LogP contribution in [0.5, 0.6) is 5.75 Å². The summed E-state index contributed by atoms with van der Waals surface area (Å²) in [4.78, 5) is 0. The van der Waals surface area contributed by atoms with Gasteiger partial charge in [0.2, 0.25) is 0 Å². The standard InChI is InChI=1S/C10H11ClO/c1-6-3-8-7(4-9(8)11)5-10(6)12-2/h3,5,9H,4H2,1-2H3/t9-/m1/s1. The van der Waals surface area contributed by atoms with Gasteiger partial charge >= 0.3 is 0 Å². The van der Waals surface area contributed by atoms with Crippen LogP contribution in [-0.4, -0.2) is 7.11 Å². The monoisotopic (exact) mass is 182 g/mol. The zero-order valence-electron chi connectivity index (χ0n) is 7.23. The average Bonchev–Trinajstić information content (AvgIpc) is 2.06. The average molecular weight is 183 g/mol. The number of ether oxygens (including phenoxy) is 1. The van der Waals surface area contributed by atoms with Crippen molar-refractivity contribution in [1.29, 1.82) is 0 Å². The first kappa shape index (κ1) is 7.93. The Labute approximate surface area is 77.3 Å². The summed E-state index contributed by atoms with van der Waals surface area (Å²) in [6, 6.07) is 4.21. The molecule has 1 aliphatic rings. The molecular formula is C10H11ClO. The van der Waals surface area contributed by atoms with Crippen LogP contribution in [0.3, 0.4) is 0 Å². The minimum absolute atomic E-state index is 0.226. The van der Waals surface area contributed by atoms with E-state index in [0.717, 1.165) is 12.2 Å². The highest BCUT2D eigenvalue weighted by Gasteiger charge is 2.24. The molecule has 0 spiro atoms. The minimum atomic E-state index is 0.226. The molecule has 1 nitrogen and oxygen atoms in total. The van der Waals surface area contributed by atoms with Gasteiger partial charge in [0.1, 0.15) is 5.75 Å². The van der Waals surface area contributed by atoms with E-state index in [2.05, 4.69) is 12.1 Å². The number of hydrogen-bond acceptors (Lipinski definition) is 1. The van der Waals surface area contributed by atoms with Gasteiger partial charge in [0.15, 0.2) is 0 Å². The molecular weight excluding hydrogens is 172 g/mol. The summed E-state index contributed by atoms with van der Waals surface area (Å²) in [5.41, 5.74) is 3.77. The molecule has 0 amide bonds. The van der Waals surface area contributed by atoms with Crippen molar-refractivity contribution in [2.75, 3.05) is 7.11 Å². The van der Waals surface area contributed by atoms with Crippen molar-refractivity contribution in [2.45, 2.75) is 18.7 Å². The molecule has 0 heterocycles. The fourth-order valence-electron chi connectivity index (χ4n) is 1.61. The molecule has 0 saturated carbocycles. The summed E-state index contributed by atoms with van der Waals surface area (Å²) in [6.45, 7) is 2.04. The minimum Gasteiger partial charge on any atom is -0.496 e. The quantitative estimate of drug-likeness (QED) is 0.607. The molecule has 64 valence electrons. The maximum Gasteiger partial charge on any atom is 0.122 e. The Bertz CT molecular complexity index is 304. The van der Waals surface area contributed by atoms with Crippen LogP contribution in [0.25, 0.3) is 0 Å². The number of benzene rings is 1. The smallest absolute Gasteiger partial charge is 0.122 e. The number of halogens is 1. The molecule has 0 aliphatic heterocycles. The summed E-state index contributed by atoms with van der Waals surface area (Å²) in [5, 5.41) is 0.226. The zero-order valence-corrected chi connectivity index (χ0v) is 7.98. The molecule has 2 heteroatoms. The van der Waals surface area contributed by atoms with Crippen LogP contribution >= 0.6 is 11.6 Å².